The third-order valence-electron chi connectivity index (χ3n) is 4.77. The van der Waals surface area contributed by atoms with Gasteiger partial charge in [0.2, 0.25) is 0 Å². The SMILES string of the molecule is CCOc1cc(/C=N/NC(=O)c2cc3ccccc3o2)cc(Cl)c1OCC(=O)Nc1ccccc1. The van der Waals surface area contributed by atoms with Gasteiger partial charge >= 0.3 is 5.91 Å². The second kappa shape index (κ2) is 11.2. The highest BCUT2D eigenvalue weighted by Gasteiger charge is 2.15. The van der Waals surface area contributed by atoms with Crippen molar-refractivity contribution < 1.29 is 23.5 Å². The third kappa shape index (κ3) is 6.18. The van der Waals surface area contributed by atoms with Gasteiger partial charge in [0.25, 0.3) is 5.91 Å². The number of fused-ring (bicyclic) bond motifs is 1. The summed E-state index contributed by atoms with van der Waals surface area (Å²) in [7, 11) is 0. The van der Waals surface area contributed by atoms with Crippen LogP contribution in [0.4, 0.5) is 5.69 Å². The quantitative estimate of drug-likeness (QED) is 0.245. The molecule has 4 aromatic rings. The molecular formula is C26H22ClN3O5. The molecule has 0 aliphatic rings. The summed E-state index contributed by atoms with van der Waals surface area (Å²) in [5, 5.41) is 7.77. The maximum Gasteiger partial charge on any atom is 0.307 e. The number of rotatable bonds is 9. The van der Waals surface area contributed by atoms with Crippen LogP contribution in [-0.4, -0.2) is 31.2 Å². The number of hydrogen-bond acceptors (Lipinski definition) is 6. The molecule has 3 aromatic carbocycles. The van der Waals surface area contributed by atoms with Crippen LogP contribution < -0.4 is 20.2 Å². The lowest BCUT2D eigenvalue weighted by atomic mass is 10.2. The van der Waals surface area contributed by atoms with Gasteiger partial charge in [-0.05, 0) is 48.9 Å². The van der Waals surface area contributed by atoms with Crippen LogP contribution in [0.15, 0.2) is 82.3 Å². The molecule has 4 rings (SSSR count). The van der Waals surface area contributed by atoms with E-state index >= 15 is 0 Å². The van der Waals surface area contributed by atoms with Crippen molar-refractivity contribution in [2.45, 2.75) is 6.92 Å². The van der Waals surface area contributed by atoms with Gasteiger partial charge in [0, 0.05) is 11.1 Å². The van der Waals surface area contributed by atoms with Crippen molar-refractivity contribution in [3.63, 3.8) is 0 Å². The Morgan fingerprint density at radius 1 is 1.03 bits per heavy atom. The highest BCUT2D eigenvalue weighted by Crippen LogP contribution is 2.36. The number of nitrogens with one attached hydrogen (secondary N) is 2. The largest absolute Gasteiger partial charge is 0.490 e. The molecule has 1 aromatic heterocycles. The highest BCUT2D eigenvalue weighted by atomic mass is 35.5. The van der Waals surface area contributed by atoms with Crippen molar-refractivity contribution in [3.05, 3.63) is 89.1 Å². The van der Waals surface area contributed by atoms with Crippen molar-refractivity contribution in [2.24, 2.45) is 5.10 Å². The van der Waals surface area contributed by atoms with Crippen molar-refractivity contribution in [1.29, 1.82) is 0 Å². The molecule has 0 fully saturated rings. The van der Waals surface area contributed by atoms with Crippen LogP contribution >= 0.6 is 11.6 Å². The predicted octanol–water partition coefficient (Wildman–Crippen LogP) is 5.27. The number of hydrazone groups is 1. The molecule has 178 valence electrons. The molecule has 0 atom stereocenters. The summed E-state index contributed by atoms with van der Waals surface area (Å²) in [6, 6.07) is 21.2. The van der Waals surface area contributed by atoms with E-state index < -0.39 is 5.91 Å². The number of para-hydroxylation sites is 2. The summed E-state index contributed by atoms with van der Waals surface area (Å²) >= 11 is 6.40. The number of nitrogens with zero attached hydrogens (tertiary/aromatic N) is 1. The van der Waals surface area contributed by atoms with Gasteiger partial charge in [-0.25, -0.2) is 5.43 Å². The van der Waals surface area contributed by atoms with E-state index in [1.165, 1.54) is 6.21 Å². The first kappa shape index (κ1) is 23.8. The van der Waals surface area contributed by atoms with E-state index in [2.05, 4.69) is 15.8 Å². The average molecular weight is 492 g/mol. The van der Waals surface area contributed by atoms with Crippen LogP contribution in [-0.2, 0) is 4.79 Å². The minimum absolute atomic E-state index is 0.147. The van der Waals surface area contributed by atoms with E-state index in [0.29, 0.717) is 29.2 Å². The van der Waals surface area contributed by atoms with Gasteiger partial charge in [-0.2, -0.15) is 5.10 Å². The molecule has 0 bridgehead atoms. The van der Waals surface area contributed by atoms with E-state index in [9.17, 15) is 9.59 Å². The number of benzene rings is 3. The van der Waals surface area contributed by atoms with Crippen molar-refractivity contribution in [3.8, 4) is 11.5 Å². The Bertz CT molecular complexity index is 1340. The lowest BCUT2D eigenvalue weighted by molar-refractivity contribution is -0.118. The Balaban J connectivity index is 1.41. The fourth-order valence-electron chi connectivity index (χ4n) is 3.24. The number of carbonyl (C=O) groups excluding carboxylic acids is 2. The smallest absolute Gasteiger partial charge is 0.307 e. The maximum absolute atomic E-state index is 12.3. The Morgan fingerprint density at radius 3 is 2.57 bits per heavy atom. The minimum Gasteiger partial charge on any atom is -0.490 e. The molecule has 2 N–H and O–H groups in total. The summed E-state index contributed by atoms with van der Waals surface area (Å²) in [5.41, 5.74) is 4.26. The van der Waals surface area contributed by atoms with Crippen molar-refractivity contribution in [2.75, 3.05) is 18.5 Å². The fourth-order valence-corrected chi connectivity index (χ4v) is 3.51. The highest BCUT2D eigenvalue weighted by molar-refractivity contribution is 6.32. The fraction of sp³-hybridized carbons (Fsp3) is 0.115. The number of ether oxygens (including phenoxy) is 2. The van der Waals surface area contributed by atoms with Crippen molar-refractivity contribution in [1.82, 2.24) is 5.43 Å². The van der Waals surface area contributed by atoms with Gasteiger partial charge in [0.15, 0.2) is 23.9 Å². The molecule has 0 unspecified atom stereocenters. The lowest BCUT2D eigenvalue weighted by Crippen LogP contribution is -2.20. The molecule has 9 heteroatoms. The maximum atomic E-state index is 12.3. The van der Waals surface area contributed by atoms with E-state index in [1.54, 1.807) is 36.4 Å². The standard InChI is InChI=1S/C26H22ClN3O5/c1-2-33-22-13-17(15-28-30-26(32)23-14-18-8-6-7-11-21(18)35-23)12-20(27)25(22)34-16-24(31)29-19-9-4-3-5-10-19/h3-15H,2,16H2,1H3,(H,29,31)(H,30,32)/b28-15+. The molecule has 0 radical (unpaired) electrons. The van der Waals surface area contributed by atoms with Gasteiger partial charge in [0.05, 0.1) is 17.8 Å². The lowest BCUT2D eigenvalue weighted by Gasteiger charge is -2.14. The Labute approximate surface area is 206 Å². The monoisotopic (exact) mass is 491 g/mol. The van der Waals surface area contributed by atoms with Gasteiger partial charge in [-0.15, -0.1) is 0 Å². The zero-order valence-electron chi connectivity index (χ0n) is 18.8. The van der Waals surface area contributed by atoms with Crippen LogP contribution in [0.2, 0.25) is 5.02 Å². The molecule has 0 aliphatic heterocycles. The first-order valence-electron chi connectivity index (χ1n) is 10.8. The van der Waals surface area contributed by atoms with Gasteiger partial charge < -0.3 is 19.2 Å². The second-order valence-corrected chi connectivity index (χ2v) is 7.72. The van der Waals surface area contributed by atoms with Gasteiger partial charge in [-0.1, -0.05) is 48.0 Å². The number of hydrogen-bond donors (Lipinski definition) is 2. The molecule has 0 saturated carbocycles. The number of halogens is 1. The van der Waals surface area contributed by atoms with Crippen LogP contribution in [0.25, 0.3) is 11.0 Å². The number of amides is 2. The van der Waals surface area contributed by atoms with E-state index in [-0.39, 0.29) is 29.0 Å². The Hall–Kier alpha value is -4.30. The van der Waals surface area contributed by atoms with Gasteiger partial charge in [-0.3, -0.25) is 9.59 Å². The molecule has 0 spiro atoms. The summed E-state index contributed by atoms with van der Waals surface area (Å²) in [6.45, 7) is 1.91. The summed E-state index contributed by atoms with van der Waals surface area (Å²) in [4.78, 5) is 24.6. The first-order chi connectivity index (χ1) is 17.0. The third-order valence-corrected chi connectivity index (χ3v) is 5.05. The van der Waals surface area contributed by atoms with Crippen LogP contribution in [0, 0.1) is 0 Å². The molecule has 0 aliphatic carbocycles. The van der Waals surface area contributed by atoms with Crippen LogP contribution in [0.1, 0.15) is 23.0 Å². The molecular weight excluding hydrogens is 470 g/mol. The predicted molar refractivity (Wildman–Crippen MR) is 134 cm³/mol. The molecule has 8 nitrogen and oxygen atoms in total. The van der Waals surface area contributed by atoms with E-state index in [1.807, 2.05) is 43.3 Å². The van der Waals surface area contributed by atoms with Gasteiger partial charge in [0.1, 0.15) is 5.58 Å². The Kier molecular flexibility index (Phi) is 7.64. The Morgan fingerprint density at radius 2 is 1.80 bits per heavy atom. The zero-order valence-corrected chi connectivity index (χ0v) is 19.5. The van der Waals surface area contributed by atoms with E-state index in [4.69, 9.17) is 25.5 Å². The van der Waals surface area contributed by atoms with Crippen molar-refractivity contribution >= 4 is 46.3 Å². The summed E-state index contributed by atoms with van der Waals surface area (Å²) in [6.07, 6.45) is 1.42. The molecule has 35 heavy (non-hydrogen) atoms. The summed E-state index contributed by atoms with van der Waals surface area (Å²) < 4.78 is 16.8. The molecule has 1 heterocycles. The number of anilines is 1. The second-order valence-electron chi connectivity index (χ2n) is 7.31. The minimum atomic E-state index is -0.488. The van der Waals surface area contributed by atoms with E-state index in [0.717, 1.165) is 5.39 Å². The molecule has 2 amide bonds. The molecule has 0 saturated heterocycles. The topological polar surface area (TPSA) is 102 Å². The number of carbonyl (C=O) groups is 2. The summed E-state index contributed by atoms with van der Waals surface area (Å²) in [5.74, 6) is -0.0988. The van der Waals surface area contributed by atoms with Crippen LogP contribution in [0.3, 0.4) is 0 Å². The zero-order chi connectivity index (χ0) is 24.6. The number of furan rings is 1. The average Bonchev–Trinajstić information content (AvgIpc) is 3.29. The van der Waals surface area contributed by atoms with Crippen LogP contribution in [0.5, 0.6) is 11.5 Å². The normalized spacial score (nSPS) is 10.9. The first-order valence-corrected chi connectivity index (χ1v) is 11.2.